The number of nitrogens with one attached hydrogen (secondary N) is 2. The fourth-order valence-electron chi connectivity index (χ4n) is 4.78. The number of carbonyl (C=O) groups is 3. The smallest absolute Gasteiger partial charge is 0.322 e. The molecule has 1 saturated carbocycles. The summed E-state index contributed by atoms with van der Waals surface area (Å²) in [4.78, 5) is 39.9. The second-order valence-electron chi connectivity index (χ2n) is 9.10. The van der Waals surface area contributed by atoms with Crippen molar-refractivity contribution in [2.24, 2.45) is 0 Å². The molecule has 3 fully saturated rings. The molecule has 1 aliphatic carbocycles. The molecule has 0 aromatic heterocycles. The first-order valence-electron chi connectivity index (χ1n) is 11.5. The highest BCUT2D eigenvalue weighted by atomic mass is 32.2. The van der Waals surface area contributed by atoms with Crippen LogP contribution in [0.15, 0.2) is 29.2 Å². The van der Waals surface area contributed by atoms with Gasteiger partial charge in [-0.25, -0.2) is 13.2 Å². The van der Waals surface area contributed by atoms with Crippen LogP contribution in [0.25, 0.3) is 0 Å². The number of hydrogen-bond donors (Lipinski definition) is 2. The number of amides is 4. The predicted molar refractivity (Wildman–Crippen MR) is 120 cm³/mol. The molecule has 10 nitrogen and oxygen atoms in total. The lowest BCUT2D eigenvalue weighted by molar-refractivity contribution is -0.140. The van der Waals surface area contributed by atoms with E-state index in [0.29, 0.717) is 38.9 Å². The fourth-order valence-corrected chi connectivity index (χ4v) is 6.25. The number of carbonyl (C=O) groups excluding carboxylic acids is 3. The lowest BCUT2D eigenvalue weighted by atomic mass is 9.82. The molecule has 0 unspecified atom stereocenters. The van der Waals surface area contributed by atoms with Crippen LogP contribution in [0, 0.1) is 6.92 Å². The number of rotatable bonds is 5. The summed E-state index contributed by atoms with van der Waals surface area (Å²) in [6.07, 6.45) is 4.50. The van der Waals surface area contributed by atoms with Gasteiger partial charge >= 0.3 is 6.03 Å². The molecule has 11 heteroatoms. The normalized spacial score (nSPS) is 22.3. The number of urea groups is 1. The van der Waals surface area contributed by atoms with Crippen LogP contribution in [-0.2, 0) is 19.6 Å². The van der Waals surface area contributed by atoms with Gasteiger partial charge in [-0.3, -0.25) is 19.9 Å². The first kappa shape index (κ1) is 23.7. The molecule has 2 heterocycles. The van der Waals surface area contributed by atoms with Crippen molar-refractivity contribution in [3.05, 3.63) is 29.8 Å². The minimum absolute atomic E-state index is 0.0253. The van der Waals surface area contributed by atoms with Crippen molar-refractivity contribution in [2.45, 2.75) is 55.9 Å². The van der Waals surface area contributed by atoms with Crippen LogP contribution in [0.5, 0.6) is 0 Å². The van der Waals surface area contributed by atoms with Crippen LogP contribution in [0.4, 0.5) is 4.79 Å². The van der Waals surface area contributed by atoms with Gasteiger partial charge in [-0.2, -0.15) is 9.31 Å². The molecule has 3 aliphatic rings. The molecule has 0 radical (unpaired) electrons. The lowest BCUT2D eigenvalue weighted by Crippen LogP contribution is -2.52. The van der Waals surface area contributed by atoms with Gasteiger partial charge in [0.25, 0.3) is 11.8 Å². The fraction of sp³-hybridized carbons (Fsp3) is 0.591. The molecule has 2 aliphatic heterocycles. The number of benzene rings is 1. The predicted octanol–water partition coefficient (Wildman–Crippen LogP) is 0.977. The lowest BCUT2D eigenvalue weighted by Gasteiger charge is -2.30. The molecule has 4 amide bonds. The minimum atomic E-state index is -3.60. The zero-order chi connectivity index (χ0) is 23.6. The molecule has 33 heavy (non-hydrogen) atoms. The molecule has 4 rings (SSSR count). The van der Waals surface area contributed by atoms with Crippen LogP contribution < -0.4 is 10.7 Å². The van der Waals surface area contributed by atoms with Gasteiger partial charge in [0.15, 0.2) is 0 Å². The van der Waals surface area contributed by atoms with E-state index in [1.165, 1.54) is 4.31 Å². The molecule has 2 saturated heterocycles. The number of aryl methyl sites for hydroxylation is 1. The summed E-state index contributed by atoms with van der Waals surface area (Å²) in [5.74, 6) is -0.868. The van der Waals surface area contributed by atoms with Crippen molar-refractivity contribution >= 4 is 27.9 Å². The average Bonchev–Trinajstić information content (AvgIpc) is 2.95. The summed E-state index contributed by atoms with van der Waals surface area (Å²) < 4.78 is 27.4. The first-order chi connectivity index (χ1) is 15.7. The van der Waals surface area contributed by atoms with Gasteiger partial charge in [0.2, 0.25) is 10.0 Å². The van der Waals surface area contributed by atoms with Crippen molar-refractivity contribution in [3.8, 4) is 0 Å². The first-order valence-corrected chi connectivity index (χ1v) is 12.9. The Morgan fingerprint density at radius 1 is 1.00 bits per heavy atom. The summed E-state index contributed by atoms with van der Waals surface area (Å²) in [6, 6.07) is 6.17. The third-order valence-corrected chi connectivity index (χ3v) is 8.59. The van der Waals surface area contributed by atoms with Crippen molar-refractivity contribution < 1.29 is 22.8 Å². The minimum Gasteiger partial charge on any atom is -0.322 e. The monoisotopic (exact) mass is 477 g/mol. The number of nitrogens with zero attached hydrogens (tertiary/aromatic N) is 3. The Kier molecular flexibility index (Phi) is 6.73. The molecule has 1 spiro atoms. The Hall–Kier alpha value is -2.50. The third kappa shape index (κ3) is 4.90. The highest BCUT2D eigenvalue weighted by molar-refractivity contribution is 7.89. The number of sulfonamides is 1. The van der Waals surface area contributed by atoms with Gasteiger partial charge in [-0.1, -0.05) is 37.0 Å². The number of imide groups is 1. The Morgan fingerprint density at radius 2 is 1.70 bits per heavy atom. The summed E-state index contributed by atoms with van der Waals surface area (Å²) in [5, 5.41) is 3.57. The Morgan fingerprint density at radius 3 is 2.39 bits per heavy atom. The number of hydrogen-bond acceptors (Lipinski definition) is 6. The van der Waals surface area contributed by atoms with E-state index in [9.17, 15) is 22.8 Å². The van der Waals surface area contributed by atoms with Gasteiger partial charge in [0.05, 0.1) is 11.4 Å². The van der Waals surface area contributed by atoms with Crippen LogP contribution in [0.3, 0.4) is 0 Å². The SMILES string of the molecule is Cc1ccc(S(=O)(=O)N2CCCN(CC(=O)NN3C(=O)NC4(CCCCC4)C3=O)CC2)cc1. The number of hydrazine groups is 1. The largest absolute Gasteiger partial charge is 0.344 e. The van der Waals surface area contributed by atoms with E-state index in [0.717, 1.165) is 29.8 Å². The van der Waals surface area contributed by atoms with Crippen molar-refractivity contribution in [3.63, 3.8) is 0 Å². The van der Waals surface area contributed by atoms with E-state index in [1.54, 1.807) is 24.3 Å². The molecule has 0 atom stereocenters. The highest BCUT2D eigenvalue weighted by Gasteiger charge is 2.52. The zero-order valence-electron chi connectivity index (χ0n) is 18.9. The van der Waals surface area contributed by atoms with Crippen molar-refractivity contribution in [1.29, 1.82) is 0 Å². The molecular formula is C22H31N5O5S. The molecule has 180 valence electrons. The van der Waals surface area contributed by atoms with Gasteiger partial charge < -0.3 is 5.32 Å². The molecular weight excluding hydrogens is 446 g/mol. The highest BCUT2D eigenvalue weighted by Crippen LogP contribution is 2.33. The maximum absolute atomic E-state index is 13.0. The van der Waals surface area contributed by atoms with Crippen LogP contribution in [-0.4, -0.2) is 78.7 Å². The Labute approximate surface area is 194 Å². The summed E-state index contributed by atoms with van der Waals surface area (Å²) in [6.45, 7) is 3.42. The molecule has 0 bridgehead atoms. The quantitative estimate of drug-likeness (QED) is 0.610. The maximum atomic E-state index is 13.0. The van der Waals surface area contributed by atoms with E-state index in [2.05, 4.69) is 10.7 Å². The second kappa shape index (κ2) is 9.40. The van der Waals surface area contributed by atoms with Gasteiger partial charge in [0, 0.05) is 19.6 Å². The van der Waals surface area contributed by atoms with E-state index >= 15 is 0 Å². The van der Waals surface area contributed by atoms with Crippen LogP contribution in [0.1, 0.15) is 44.1 Å². The summed E-state index contributed by atoms with van der Waals surface area (Å²) in [7, 11) is -3.60. The van der Waals surface area contributed by atoms with Gasteiger partial charge in [-0.15, -0.1) is 0 Å². The van der Waals surface area contributed by atoms with Crippen LogP contribution >= 0.6 is 0 Å². The van der Waals surface area contributed by atoms with Crippen molar-refractivity contribution in [2.75, 3.05) is 32.7 Å². The van der Waals surface area contributed by atoms with Gasteiger partial charge in [-0.05, 0) is 44.9 Å². The molecule has 1 aromatic rings. The van der Waals surface area contributed by atoms with E-state index in [1.807, 2.05) is 11.8 Å². The summed E-state index contributed by atoms with van der Waals surface area (Å²) >= 11 is 0. The second-order valence-corrected chi connectivity index (χ2v) is 11.0. The van der Waals surface area contributed by atoms with Crippen LogP contribution in [0.2, 0.25) is 0 Å². The van der Waals surface area contributed by atoms with E-state index < -0.39 is 33.4 Å². The molecule has 2 N–H and O–H groups in total. The van der Waals surface area contributed by atoms with Gasteiger partial charge in [0.1, 0.15) is 5.54 Å². The van der Waals surface area contributed by atoms with Crippen molar-refractivity contribution in [1.82, 2.24) is 25.0 Å². The third-order valence-electron chi connectivity index (χ3n) is 6.68. The Balaban J connectivity index is 1.33. The van der Waals surface area contributed by atoms with E-state index in [4.69, 9.17) is 0 Å². The maximum Gasteiger partial charge on any atom is 0.344 e. The standard InChI is InChI=1S/C22H31N5O5S/c1-17-6-8-18(9-7-17)33(31,32)26-13-5-12-25(14-15-26)16-19(28)24-27-20(29)22(23-21(27)30)10-3-2-4-11-22/h6-9H,2-5,10-16H2,1H3,(H,23,30)(H,24,28). The zero-order valence-corrected chi connectivity index (χ0v) is 19.7. The topological polar surface area (TPSA) is 119 Å². The average molecular weight is 478 g/mol. The Bertz CT molecular complexity index is 1020. The summed E-state index contributed by atoms with van der Waals surface area (Å²) in [5.41, 5.74) is 2.54. The van der Waals surface area contributed by atoms with E-state index in [-0.39, 0.29) is 18.0 Å². The molecule has 1 aromatic carbocycles.